The van der Waals surface area contributed by atoms with Gasteiger partial charge in [-0.05, 0) is 55.6 Å². The summed E-state index contributed by atoms with van der Waals surface area (Å²) in [6, 6.07) is 1.84. The summed E-state index contributed by atoms with van der Waals surface area (Å²) >= 11 is 11.1. The number of nitrogens with zero attached hydrogens (tertiary/aromatic N) is 1. The summed E-state index contributed by atoms with van der Waals surface area (Å²) in [7, 11) is 0. The van der Waals surface area contributed by atoms with Gasteiger partial charge in [-0.25, -0.2) is 0 Å². The zero-order valence-electron chi connectivity index (χ0n) is 12.0. The minimum atomic E-state index is -0.257. The van der Waals surface area contributed by atoms with Gasteiger partial charge in [-0.15, -0.1) is 11.3 Å². The maximum Gasteiger partial charge on any atom is 0.223 e. The lowest BCUT2D eigenvalue weighted by atomic mass is 9.97. The molecule has 3 nitrogen and oxygen atoms in total. The molecule has 1 aliphatic rings. The molecule has 2 N–H and O–H groups in total. The van der Waals surface area contributed by atoms with Gasteiger partial charge in [0.2, 0.25) is 5.91 Å². The van der Waals surface area contributed by atoms with Crippen LogP contribution in [0, 0.1) is 0 Å². The van der Waals surface area contributed by atoms with Crippen molar-refractivity contribution in [1.82, 2.24) is 4.90 Å². The predicted molar refractivity (Wildman–Crippen MR) is 88.2 cm³/mol. The molecule has 6 heteroatoms. The highest BCUT2D eigenvalue weighted by atomic mass is 79.9. The van der Waals surface area contributed by atoms with Gasteiger partial charge in [0.05, 0.1) is 6.04 Å². The van der Waals surface area contributed by atoms with Crippen LogP contribution in [0.15, 0.2) is 10.5 Å². The van der Waals surface area contributed by atoms with Gasteiger partial charge in [-0.1, -0.05) is 11.6 Å². The number of amides is 1. The number of rotatable bonds is 1. The molecule has 1 saturated heterocycles. The van der Waals surface area contributed by atoms with Gasteiger partial charge in [0.15, 0.2) is 0 Å². The zero-order chi connectivity index (χ0) is 15.1. The lowest BCUT2D eigenvalue weighted by molar-refractivity contribution is -0.138. The summed E-state index contributed by atoms with van der Waals surface area (Å²) in [5, 5.41) is 0. The van der Waals surface area contributed by atoms with Crippen LogP contribution < -0.4 is 5.73 Å². The van der Waals surface area contributed by atoms with Crippen molar-refractivity contribution in [3.63, 3.8) is 0 Å². The van der Waals surface area contributed by atoms with Crippen molar-refractivity contribution in [2.75, 3.05) is 0 Å². The summed E-state index contributed by atoms with van der Waals surface area (Å²) in [5.74, 6) is 0.177. The van der Waals surface area contributed by atoms with Crippen molar-refractivity contribution in [2.45, 2.75) is 57.7 Å². The molecule has 0 aliphatic carbocycles. The van der Waals surface area contributed by atoms with Crippen LogP contribution in [0.5, 0.6) is 0 Å². The largest absolute Gasteiger partial charge is 0.328 e. The maximum atomic E-state index is 12.5. The first-order valence-electron chi connectivity index (χ1n) is 6.74. The van der Waals surface area contributed by atoms with Crippen LogP contribution in [-0.4, -0.2) is 22.4 Å². The first-order chi connectivity index (χ1) is 9.21. The Bertz CT molecular complexity index is 492. The molecule has 1 amide bonds. The third kappa shape index (κ3) is 3.21. The molecular formula is C14H20BrClN2OS. The molecule has 0 spiro atoms. The van der Waals surface area contributed by atoms with Crippen LogP contribution in [0.2, 0.25) is 4.34 Å². The van der Waals surface area contributed by atoms with Gasteiger partial charge in [0.25, 0.3) is 0 Å². The molecule has 2 rings (SSSR count). The SMILES string of the molecule is CC(C)(C)N1C(=O)CCCC(N)C1c1cc(Br)c(Cl)s1. The Morgan fingerprint density at radius 1 is 1.50 bits per heavy atom. The van der Waals surface area contributed by atoms with E-state index in [1.165, 1.54) is 11.3 Å². The molecule has 2 heterocycles. The molecule has 112 valence electrons. The van der Waals surface area contributed by atoms with E-state index >= 15 is 0 Å². The van der Waals surface area contributed by atoms with Gasteiger partial charge in [-0.3, -0.25) is 4.79 Å². The number of carbonyl (C=O) groups is 1. The first-order valence-corrected chi connectivity index (χ1v) is 8.73. The third-order valence-corrected chi connectivity index (χ3v) is 6.10. The van der Waals surface area contributed by atoms with Gasteiger partial charge >= 0.3 is 0 Å². The number of likely N-dealkylation sites (tertiary alicyclic amines) is 1. The molecule has 1 aliphatic heterocycles. The van der Waals surface area contributed by atoms with E-state index in [0.29, 0.717) is 10.8 Å². The van der Waals surface area contributed by atoms with Crippen LogP contribution in [0.25, 0.3) is 0 Å². The van der Waals surface area contributed by atoms with Crippen molar-refractivity contribution < 1.29 is 4.79 Å². The Kier molecular flexibility index (Phi) is 4.84. The van der Waals surface area contributed by atoms with E-state index in [4.69, 9.17) is 17.3 Å². The van der Waals surface area contributed by atoms with Crippen LogP contribution in [0.3, 0.4) is 0 Å². The minimum absolute atomic E-state index is 0.0534. The second-order valence-corrected chi connectivity index (χ2v) is 8.75. The van der Waals surface area contributed by atoms with E-state index in [2.05, 4.69) is 36.7 Å². The van der Waals surface area contributed by atoms with Crippen LogP contribution >= 0.6 is 38.9 Å². The number of carbonyl (C=O) groups excluding carboxylic acids is 1. The first kappa shape index (κ1) is 16.3. The lowest BCUT2D eigenvalue weighted by Gasteiger charge is -2.42. The van der Waals surface area contributed by atoms with E-state index in [1.54, 1.807) is 0 Å². The maximum absolute atomic E-state index is 12.5. The average Bonchev–Trinajstić information content (AvgIpc) is 2.54. The van der Waals surface area contributed by atoms with E-state index in [9.17, 15) is 4.79 Å². The monoisotopic (exact) mass is 378 g/mol. The molecule has 1 fully saturated rings. The third-order valence-electron chi connectivity index (χ3n) is 3.56. The van der Waals surface area contributed by atoms with Crippen LogP contribution in [-0.2, 0) is 4.79 Å². The zero-order valence-corrected chi connectivity index (χ0v) is 15.1. The number of hydrogen-bond donors (Lipinski definition) is 1. The van der Waals surface area contributed by atoms with Gasteiger partial charge in [0, 0.05) is 27.4 Å². The predicted octanol–water partition coefficient (Wildman–Crippen LogP) is 4.34. The average molecular weight is 380 g/mol. The Morgan fingerprint density at radius 2 is 2.15 bits per heavy atom. The van der Waals surface area contributed by atoms with E-state index < -0.39 is 0 Å². The number of nitrogens with two attached hydrogens (primary N) is 1. The fourth-order valence-electron chi connectivity index (χ4n) is 2.75. The Hall–Kier alpha value is -0.100. The summed E-state index contributed by atoms with van der Waals surface area (Å²) in [5.41, 5.74) is 6.12. The van der Waals surface area contributed by atoms with E-state index in [0.717, 1.165) is 22.2 Å². The van der Waals surface area contributed by atoms with Crippen LogP contribution in [0.1, 0.15) is 51.0 Å². The van der Waals surface area contributed by atoms with E-state index in [-0.39, 0.29) is 23.5 Å². The smallest absolute Gasteiger partial charge is 0.223 e. The molecule has 1 aromatic heterocycles. The summed E-state index contributed by atoms with van der Waals surface area (Å²) in [6.07, 6.45) is 2.28. The summed E-state index contributed by atoms with van der Waals surface area (Å²) < 4.78 is 1.58. The molecule has 2 unspecified atom stereocenters. The summed E-state index contributed by atoms with van der Waals surface area (Å²) in [4.78, 5) is 15.5. The minimum Gasteiger partial charge on any atom is -0.328 e. The molecule has 20 heavy (non-hydrogen) atoms. The molecule has 2 atom stereocenters. The second-order valence-electron chi connectivity index (χ2n) is 6.21. The topological polar surface area (TPSA) is 46.3 Å². The summed E-state index contributed by atoms with van der Waals surface area (Å²) in [6.45, 7) is 6.17. The Morgan fingerprint density at radius 3 is 2.65 bits per heavy atom. The van der Waals surface area contributed by atoms with Crippen molar-refractivity contribution in [3.8, 4) is 0 Å². The van der Waals surface area contributed by atoms with Gasteiger partial charge in [-0.2, -0.15) is 0 Å². The van der Waals surface area contributed by atoms with Crippen LogP contribution in [0.4, 0.5) is 0 Å². The van der Waals surface area contributed by atoms with Crippen molar-refractivity contribution >= 4 is 44.8 Å². The normalized spacial score (nSPS) is 24.9. The van der Waals surface area contributed by atoms with Gasteiger partial charge in [0.1, 0.15) is 4.34 Å². The molecule has 1 aromatic rings. The molecular weight excluding hydrogens is 360 g/mol. The van der Waals surface area contributed by atoms with Crippen molar-refractivity contribution in [1.29, 1.82) is 0 Å². The highest BCUT2D eigenvalue weighted by molar-refractivity contribution is 9.10. The quantitative estimate of drug-likeness (QED) is 0.788. The molecule has 0 saturated carbocycles. The number of halogens is 2. The molecule has 0 bridgehead atoms. The Balaban J connectivity index is 2.49. The fraction of sp³-hybridized carbons (Fsp3) is 0.643. The second kappa shape index (κ2) is 5.95. The number of hydrogen-bond acceptors (Lipinski definition) is 3. The molecule has 0 aromatic carbocycles. The fourth-order valence-corrected chi connectivity index (χ4v) is 4.66. The van der Waals surface area contributed by atoms with E-state index in [1.807, 2.05) is 11.0 Å². The highest BCUT2D eigenvalue weighted by Gasteiger charge is 2.39. The van der Waals surface area contributed by atoms with Gasteiger partial charge < -0.3 is 10.6 Å². The highest BCUT2D eigenvalue weighted by Crippen LogP contribution is 2.42. The van der Waals surface area contributed by atoms with Crippen molar-refractivity contribution in [2.24, 2.45) is 5.73 Å². The lowest BCUT2D eigenvalue weighted by Crippen LogP contribution is -2.51. The Labute approximate surface area is 137 Å². The number of thiophene rings is 1. The molecule has 0 radical (unpaired) electrons. The standard InChI is InChI=1S/C14H20BrClN2OS/c1-14(2,3)18-11(19)6-4-5-9(17)12(18)10-7-8(15)13(16)20-10/h7,9,12H,4-6,17H2,1-3H3. The van der Waals surface area contributed by atoms with Crippen molar-refractivity contribution in [3.05, 3.63) is 19.8 Å².